The van der Waals surface area contributed by atoms with E-state index in [1.54, 1.807) is 17.7 Å². The fourth-order valence-electron chi connectivity index (χ4n) is 4.28. The van der Waals surface area contributed by atoms with Crippen molar-refractivity contribution in [1.82, 2.24) is 9.78 Å². The Labute approximate surface area is 191 Å². The van der Waals surface area contributed by atoms with Crippen LogP contribution in [0.4, 0.5) is 19.0 Å². The molecule has 1 saturated carbocycles. The molecule has 2 aliphatic rings. The average Bonchev–Trinajstić information content (AvgIpc) is 3.23. The van der Waals surface area contributed by atoms with Crippen LogP contribution in [0.15, 0.2) is 33.6 Å². The Hall–Kier alpha value is -2.08. The first-order valence-corrected chi connectivity index (χ1v) is 12.4. The van der Waals surface area contributed by atoms with E-state index < -0.39 is 43.7 Å². The number of hydrogen-bond acceptors (Lipinski definition) is 5. The van der Waals surface area contributed by atoms with Gasteiger partial charge in [-0.2, -0.15) is 18.3 Å². The maximum Gasteiger partial charge on any atom is 0.417 e. The van der Waals surface area contributed by atoms with Gasteiger partial charge in [0.1, 0.15) is 11.9 Å². The normalized spacial score (nSPS) is 22.2. The Balaban J connectivity index is 1.74. The van der Waals surface area contributed by atoms with E-state index in [0.717, 1.165) is 31.4 Å². The number of rotatable bonds is 5. The molecule has 0 radical (unpaired) electrons. The van der Waals surface area contributed by atoms with Crippen LogP contribution in [0, 0.1) is 6.92 Å². The Morgan fingerprint density at radius 3 is 2.50 bits per heavy atom. The Bertz CT molecular complexity index is 1160. The van der Waals surface area contributed by atoms with E-state index in [-0.39, 0.29) is 23.5 Å². The number of carboxylic acids is 1. The first kappa shape index (κ1) is 23.1. The van der Waals surface area contributed by atoms with Gasteiger partial charge in [-0.05, 0) is 50.8 Å². The topological polar surface area (TPSA) is 92.5 Å². The molecule has 1 aliphatic carbocycles. The number of carboxylic acid groups (broad SMARTS) is 1. The van der Waals surface area contributed by atoms with Crippen molar-refractivity contribution in [3.05, 3.63) is 40.0 Å². The van der Waals surface area contributed by atoms with Crippen molar-refractivity contribution in [3.8, 4) is 0 Å². The lowest BCUT2D eigenvalue weighted by Gasteiger charge is -2.31. The number of sulfone groups is 1. The summed E-state index contributed by atoms with van der Waals surface area (Å²) < 4.78 is 69.2. The van der Waals surface area contributed by atoms with E-state index in [9.17, 15) is 31.5 Å². The zero-order chi connectivity index (χ0) is 23.4. The van der Waals surface area contributed by atoms with Gasteiger partial charge in [0, 0.05) is 17.1 Å². The van der Waals surface area contributed by atoms with Crippen LogP contribution in [0.5, 0.6) is 0 Å². The molecule has 0 amide bonds. The molecular weight excluding hydrogens is 515 g/mol. The van der Waals surface area contributed by atoms with Crippen LogP contribution in [-0.4, -0.2) is 47.1 Å². The van der Waals surface area contributed by atoms with Crippen molar-refractivity contribution < 1.29 is 31.5 Å². The third-order valence-corrected chi connectivity index (χ3v) is 8.77. The van der Waals surface area contributed by atoms with E-state index >= 15 is 0 Å². The summed E-state index contributed by atoms with van der Waals surface area (Å²) in [4.78, 5) is 12.6. The summed E-state index contributed by atoms with van der Waals surface area (Å²) in [5, 5.41) is 12.9. The summed E-state index contributed by atoms with van der Waals surface area (Å²) in [5.74, 6) is -0.738. The van der Waals surface area contributed by atoms with Gasteiger partial charge in [-0.3, -0.25) is 0 Å². The van der Waals surface area contributed by atoms with Gasteiger partial charge >= 0.3 is 12.1 Å². The van der Waals surface area contributed by atoms with Crippen molar-refractivity contribution in [1.29, 1.82) is 0 Å². The molecule has 1 N–H and O–H groups in total. The molecule has 0 bridgehead atoms. The highest BCUT2D eigenvalue weighted by Crippen LogP contribution is 2.41. The summed E-state index contributed by atoms with van der Waals surface area (Å²) in [7, 11) is -4.47. The molecule has 2 fully saturated rings. The maximum atomic E-state index is 13.6. The molecule has 7 nitrogen and oxygen atoms in total. The summed E-state index contributed by atoms with van der Waals surface area (Å²) >= 11 is 2.95. The third kappa shape index (κ3) is 4.02. The predicted molar refractivity (Wildman–Crippen MR) is 113 cm³/mol. The zero-order valence-electron chi connectivity index (χ0n) is 17.0. The quantitative estimate of drug-likeness (QED) is 0.616. The van der Waals surface area contributed by atoms with Crippen LogP contribution in [-0.2, 0) is 20.8 Å². The molecule has 174 valence electrons. The number of aliphatic carboxylic acids is 1. The SMILES string of the molecule is Cc1cc(N2C[C@H](S(=O)(=O)c3ccc(Br)cc3C(F)(F)F)C[C@H]2C(=O)O)n(C2CCC2)n1. The minimum Gasteiger partial charge on any atom is -0.480 e. The number of carbonyl (C=O) groups is 1. The van der Waals surface area contributed by atoms with E-state index in [1.807, 2.05) is 0 Å². The standard InChI is InChI=1S/C20H21BrF3N3O4S/c1-11-7-18(27(25-11)13-3-2-4-13)26-10-14(9-16(26)19(28)29)32(30,31)17-6-5-12(21)8-15(17)20(22,23)24/h5-8,13-14,16H,2-4,9-10H2,1H3,(H,28,29)/t14-,16+/m1/s1. The Morgan fingerprint density at radius 1 is 1.25 bits per heavy atom. The van der Waals surface area contributed by atoms with Gasteiger partial charge in [-0.1, -0.05) is 15.9 Å². The van der Waals surface area contributed by atoms with Crippen LogP contribution < -0.4 is 4.90 Å². The molecule has 1 aromatic heterocycles. The molecule has 4 rings (SSSR count). The van der Waals surface area contributed by atoms with Crippen LogP contribution in [0.2, 0.25) is 0 Å². The van der Waals surface area contributed by atoms with Gasteiger partial charge in [-0.25, -0.2) is 17.9 Å². The summed E-state index contributed by atoms with van der Waals surface area (Å²) in [5.41, 5.74) is -0.609. The average molecular weight is 536 g/mol. The van der Waals surface area contributed by atoms with Gasteiger partial charge in [0.15, 0.2) is 9.84 Å². The van der Waals surface area contributed by atoms with Crippen molar-refractivity contribution in [2.24, 2.45) is 0 Å². The molecular formula is C20H21BrF3N3O4S. The predicted octanol–water partition coefficient (Wildman–Crippen LogP) is 4.20. The van der Waals surface area contributed by atoms with E-state index in [4.69, 9.17) is 0 Å². The first-order valence-electron chi connectivity index (χ1n) is 10.1. The second-order valence-electron chi connectivity index (χ2n) is 8.22. The second kappa shape index (κ2) is 8.05. The fourth-order valence-corrected chi connectivity index (χ4v) is 6.53. The fraction of sp³-hybridized carbons (Fsp3) is 0.500. The minimum absolute atomic E-state index is 0.0973. The highest BCUT2D eigenvalue weighted by Gasteiger charge is 2.47. The van der Waals surface area contributed by atoms with Gasteiger partial charge in [0.05, 0.1) is 27.4 Å². The van der Waals surface area contributed by atoms with Crippen molar-refractivity contribution >= 4 is 37.6 Å². The highest BCUT2D eigenvalue weighted by molar-refractivity contribution is 9.10. The van der Waals surface area contributed by atoms with Gasteiger partial charge in [0.25, 0.3) is 0 Å². The second-order valence-corrected chi connectivity index (χ2v) is 11.3. The first-order chi connectivity index (χ1) is 14.9. The number of benzene rings is 1. The largest absolute Gasteiger partial charge is 0.480 e. The van der Waals surface area contributed by atoms with Crippen LogP contribution >= 0.6 is 15.9 Å². The van der Waals surface area contributed by atoms with Crippen LogP contribution in [0.3, 0.4) is 0 Å². The lowest BCUT2D eigenvalue weighted by Crippen LogP contribution is -2.38. The molecule has 1 saturated heterocycles. The van der Waals surface area contributed by atoms with E-state index in [2.05, 4.69) is 21.0 Å². The van der Waals surface area contributed by atoms with Crippen molar-refractivity contribution in [2.75, 3.05) is 11.4 Å². The van der Waals surface area contributed by atoms with Gasteiger partial charge in [0.2, 0.25) is 0 Å². The highest BCUT2D eigenvalue weighted by atomic mass is 79.9. The molecule has 1 aliphatic heterocycles. The van der Waals surface area contributed by atoms with Crippen LogP contribution in [0.25, 0.3) is 0 Å². The van der Waals surface area contributed by atoms with Crippen molar-refractivity contribution in [3.63, 3.8) is 0 Å². The molecule has 0 spiro atoms. The van der Waals surface area contributed by atoms with E-state index in [0.29, 0.717) is 11.5 Å². The minimum atomic E-state index is -4.88. The van der Waals surface area contributed by atoms with Gasteiger partial charge in [-0.15, -0.1) is 0 Å². The Kier molecular flexibility index (Phi) is 5.81. The van der Waals surface area contributed by atoms with Crippen molar-refractivity contribution in [2.45, 2.75) is 61.0 Å². The number of aryl methyl sites for hydroxylation is 1. The Morgan fingerprint density at radius 2 is 1.94 bits per heavy atom. The summed E-state index contributed by atoms with van der Waals surface area (Å²) in [6.07, 6.45) is -2.41. The molecule has 1 aromatic carbocycles. The lowest BCUT2D eigenvalue weighted by atomic mass is 9.93. The number of nitrogens with zero attached hydrogens (tertiary/aromatic N) is 3. The number of anilines is 1. The third-order valence-electron chi connectivity index (χ3n) is 6.09. The smallest absolute Gasteiger partial charge is 0.417 e. The lowest BCUT2D eigenvalue weighted by molar-refractivity contribution is -0.140. The molecule has 0 unspecified atom stereocenters. The molecule has 2 heterocycles. The number of alkyl halides is 3. The maximum absolute atomic E-state index is 13.6. The number of hydrogen-bond donors (Lipinski definition) is 1. The molecule has 12 heteroatoms. The molecule has 32 heavy (non-hydrogen) atoms. The van der Waals surface area contributed by atoms with E-state index in [1.165, 1.54) is 11.0 Å². The summed E-state index contributed by atoms with van der Waals surface area (Å²) in [6, 6.07) is 3.50. The molecule has 2 aromatic rings. The number of aromatic nitrogens is 2. The number of halogens is 4. The zero-order valence-corrected chi connectivity index (χ0v) is 19.4. The summed E-state index contributed by atoms with van der Waals surface area (Å²) in [6.45, 7) is 1.53. The van der Waals surface area contributed by atoms with Crippen LogP contribution in [0.1, 0.15) is 43.0 Å². The van der Waals surface area contributed by atoms with Gasteiger partial charge < -0.3 is 10.0 Å². The monoisotopic (exact) mass is 535 g/mol. The molecule has 2 atom stereocenters.